The Morgan fingerprint density at radius 3 is 1.93 bits per heavy atom. The normalized spacial score (nSPS) is 27.8. The number of fused-ring (bicyclic) bond motifs is 2. The van der Waals surface area contributed by atoms with Crippen LogP contribution in [0.25, 0.3) is 0 Å². The minimum absolute atomic E-state index is 0.155. The zero-order chi connectivity index (χ0) is 19.9. The van der Waals surface area contributed by atoms with Gasteiger partial charge < -0.3 is 14.7 Å². The number of amides is 1. The summed E-state index contributed by atoms with van der Waals surface area (Å²) in [7, 11) is 0. The molecule has 2 aliphatic heterocycles. The summed E-state index contributed by atoms with van der Waals surface area (Å²) in [5.41, 5.74) is -1.04. The van der Waals surface area contributed by atoms with E-state index in [0.717, 1.165) is 38.5 Å². The van der Waals surface area contributed by atoms with Gasteiger partial charge in [0.05, 0.1) is 5.60 Å². The maximum atomic E-state index is 12.5. The number of aliphatic hydroxyl groups is 1. The fourth-order valence-electron chi connectivity index (χ4n) is 4.90. The highest BCUT2D eigenvalue weighted by molar-refractivity contribution is 5.69. The first-order valence-electron chi connectivity index (χ1n) is 11.5. The number of piperidine rings is 1. The predicted octanol–water partition coefficient (Wildman–Crippen LogP) is 6.20. The third-order valence-electron chi connectivity index (χ3n) is 6.20. The maximum Gasteiger partial charge on any atom is 0.410 e. The molecule has 1 N–H and O–H groups in total. The Balaban J connectivity index is 1.68. The molecule has 0 spiro atoms. The summed E-state index contributed by atoms with van der Waals surface area (Å²) in [5, 5.41) is 11.1. The van der Waals surface area contributed by atoms with Gasteiger partial charge in [0.1, 0.15) is 5.60 Å². The second-order valence-electron chi connectivity index (χ2n) is 9.98. The van der Waals surface area contributed by atoms with Crippen LogP contribution in [0.1, 0.15) is 118 Å². The Labute approximate surface area is 167 Å². The van der Waals surface area contributed by atoms with Crippen molar-refractivity contribution in [3.8, 4) is 0 Å². The fraction of sp³-hybridized carbons (Fsp3) is 0.957. The van der Waals surface area contributed by atoms with Gasteiger partial charge in [0.25, 0.3) is 0 Å². The Morgan fingerprint density at radius 2 is 1.44 bits per heavy atom. The van der Waals surface area contributed by atoms with Crippen LogP contribution in [0.5, 0.6) is 0 Å². The van der Waals surface area contributed by atoms with Gasteiger partial charge in [0.15, 0.2) is 0 Å². The number of unbranched alkanes of at least 4 members (excludes halogenated alkanes) is 8. The van der Waals surface area contributed by atoms with Crippen molar-refractivity contribution in [2.45, 2.75) is 141 Å². The van der Waals surface area contributed by atoms with E-state index in [4.69, 9.17) is 4.74 Å². The van der Waals surface area contributed by atoms with Crippen LogP contribution >= 0.6 is 0 Å². The summed E-state index contributed by atoms with van der Waals surface area (Å²) in [6.07, 6.45) is 15.9. The lowest BCUT2D eigenvalue weighted by Crippen LogP contribution is -2.54. The van der Waals surface area contributed by atoms with Crippen molar-refractivity contribution in [3.63, 3.8) is 0 Å². The van der Waals surface area contributed by atoms with E-state index in [1.165, 1.54) is 51.4 Å². The number of nitrogens with zero attached hydrogens (tertiary/aromatic N) is 1. The summed E-state index contributed by atoms with van der Waals surface area (Å²) in [6.45, 7) is 8.00. The molecule has 0 aliphatic carbocycles. The number of rotatable bonds is 10. The van der Waals surface area contributed by atoms with E-state index in [1.54, 1.807) is 0 Å². The van der Waals surface area contributed by atoms with Gasteiger partial charge in [-0.15, -0.1) is 0 Å². The molecular weight excluding hydrogens is 338 g/mol. The van der Waals surface area contributed by atoms with Crippen LogP contribution in [-0.4, -0.2) is 39.4 Å². The third kappa shape index (κ3) is 7.29. The largest absolute Gasteiger partial charge is 0.444 e. The molecule has 0 saturated carbocycles. The number of ether oxygens (including phenoxy) is 1. The molecule has 1 amide bonds. The predicted molar refractivity (Wildman–Crippen MR) is 111 cm³/mol. The molecular formula is C23H43NO3. The lowest BCUT2D eigenvalue weighted by molar-refractivity contribution is -0.0635. The smallest absolute Gasteiger partial charge is 0.410 e. The molecule has 2 heterocycles. The molecule has 2 fully saturated rings. The van der Waals surface area contributed by atoms with Crippen molar-refractivity contribution in [2.75, 3.05) is 0 Å². The van der Waals surface area contributed by atoms with E-state index in [0.29, 0.717) is 0 Å². The second kappa shape index (κ2) is 10.1. The first-order valence-corrected chi connectivity index (χ1v) is 11.5. The lowest BCUT2D eigenvalue weighted by atomic mass is 9.82. The molecule has 2 bridgehead atoms. The molecule has 158 valence electrons. The molecule has 2 rings (SSSR count). The summed E-state index contributed by atoms with van der Waals surface area (Å²) >= 11 is 0. The van der Waals surface area contributed by atoms with Gasteiger partial charge >= 0.3 is 6.09 Å². The van der Waals surface area contributed by atoms with E-state index in [-0.39, 0.29) is 18.2 Å². The Kier molecular flexibility index (Phi) is 8.45. The van der Waals surface area contributed by atoms with Gasteiger partial charge in [0.2, 0.25) is 0 Å². The van der Waals surface area contributed by atoms with E-state index >= 15 is 0 Å². The number of hydrogen-bond donors (Lipinski definition) is 1. The molecule has 2 saturated heterocycles. The van der Waals surface area contributed by atoms with Crippen LogP contribution in [0.3, 0.4) is 0 Å². The van der Waals surface area contributed by atoms with Crippen LogP contribution in [0, 0.1) is 0 Å². The molecule has 2 atom stereocenters. The lowest BCUT2D eigenvalue weighted by Gasteiger charge is -2.44. The average molecular weight is 382 g/mol. The quantitative estimate of drug-likeness (QED) is 0.458. The highest BCUT2D eigenvalue weighted by Crippen LogP contribution is 2.43. The van der Waals surface area contributed by atoms with Crippen molar-refractivity contribution in [1.82, 2.24) is 4.90 Å². The van der Waals surface area contributed by atoms with Gasteiger partial charge in [-0.2, -0.15) is 0 Å². The molecule has 0 aromatic heterocycles. The molecule has 2 unspecified atom stereocenters. The van der Waals surface area contributed by atoms with Crippen LogP contribution in [-0.2, 0) is 4.74 Å². The standard InChI is InChI=1S/C23H43NO3/c1-5-6-7-8-9-10-11-12-13-16-23(26)17-19-14-15-20(18-23)24(19)21(25)27-22(2,3)4/h19-20,26H,5-18H2,1-4H3. The Hall–Kier alpha value is -0.770. The summed E-state index contributed by atoms with van der Waals surface area (Å²) < 4.78 is 5.59. The van der Waals surface area contributed by atoms with Crippen LogP contribution in [0.2, 0.25) is 0 Å². The summed E-state index contributed by atoms with van der Waals surface area (Å²) in [6, 6.07) is 0.310. The summed E-state index contributed by atoms with van der Waals surface area (Å²) in [4.78, 5) is 14.5. The molecule has 2 aliphatic rings. The highest BCUT2D eigenvalue weighted by Gasteiger charge is 2.49. The number of carbonyl (C=O) groups excluding carboxylic acids is 1. The Bertz CT molecular complexity index is 443. The van der Waals surface area contributed by atoms with Crippen molar-refractivity contribution in [3.05, 3.63) is 0 Å². The molecule has 4 nitrogen and oxygen atoms in total. The number of carbonyl (C=O) groups is 1. The van der Waals surface area contributed by atoms with Crippen molar-refractivity contribution >= 4 is 6.09 Å². The summed E-state index contributed by atoms with van der Waals surface area (Å²) in [5.74, 6) is 0. The van der Waals surface area contributed by atoms with Crippen molar-refractivity contribution in [2.24, 2.45) is 0 Å². The molecule has 4 heteroatoms. The van der Waals surface area contributed by atoms with Gasteiger partial charge in [0, 0.05) is 12.1 Å². The zero-order valence-electron chi connectivity index (χ0n) is 18.3. The van der Waals surface area contributed by atoms with Gasteiger partial charge in [-0.05, 0) is 52.9 Å². The van der Waals surface area contributed by atoms with E-state index < -0.39 is 11.2 Å². The SMILES string of the molecule is CCCCCCCCCCCC1(O)CC2CCC(C1)N2C(=O)OC(C)(C)C. The van der Waals surface area contributed by atoms with Crippen molar-refractivity contribution < 1.29 is 14.6 Å². The first-order chi connectivity index (χ1) is 12.7. The monoisotopic (exact) mass is 381 g/mol. The minimum atomic E-state index is -0.578. The molecule has 0 aromatic carbocycles. The maximum absolute atomic E-state index is 12.5. The zero-order valence-corrected chi connectivity index (χ0v) is 18.3. The Morgan fingerprint density at radius 1 is 0.963 bits per heavy atom. The van der Waals surface area contributed by atoms with Crippen LogP contribution in [0.4, 0.5) is 4.79 Å². The minimum Gasteiger partial charge on any atom is -0.444 e. The van der Waals surface area contributed by atoms with E-state index in [9.17, 15) is 9.90 Å². The number of hydrogen-bond acceptors (Lipinski definition) is 3. The molecule has 27 heavy (non-hydrogen) atoms. The molecule has 0 aromatic rings. The van der Waals surface area contributed by atoms with Gasteiger partial charge in [-0.3, -0.25) is 0 Å². The third-order valence-corrected chi connectivity index (χ3v) is 6.20. The fourth-order valence-corrected chi connectivity index (χ4v) is 4.90. The van der Waals surface area contributed by atoms with Gasteiger partial charge in [-0.1, -0.05) is 64.7 Å². The highest BCUT2D eigenvalue weighted by atomic mass is 16.6. The van der Waals surface area contributed by atoms with Crippen LogP contribution < -0.4 is 0 Å². The molecule has 0 radical (unpaired) electrons. The first kappa shape index (κ1) is 22.5. The average Bonchev–Trinajstić information content (AvgIpc) is 2.85. The topological polar surface area (TPSA) is 49.8 Å². The van der Waals surface area contributed by atoms with Crippen molar-refractivity contribution in [1.29, 1.82) is 0 Å². The van der Waals surface area contributed by atoms with Crippen LogP contribution in [0.15, 0.2) is 0 Å². The van der Waals surface area contributed by atoms with Gasteiger partial charge in [-0.25, -0.2) is 4.79 Å². The van der Waals surface area contributed by atoms with E-state index in [1.807, 2.05) is 25.7 Å². The van der Waals surface area contributed by atoms with E-state index in [2.05, 4.69) is 6.92 Å². The second-order valence-corrected chi connectivity index (χ2v) is 9.98.